The summed E-state index contributed by atoms with van der Waals surface area (Å²) in [7, 11) is 0. The van der Waals surface area contributed by atoms with E-state index in [9.17, 15) is 14.0 Å². The molecule has 184 valence electrons. The van der Waals surface area contributed by atoms with Gasteiger partial charge in [-0.2, -0.15) is 0 Å². The molecular weight excluding hydrogens is 475 g/mol. The Balaban J connectivity index is 1.41. The van der Waals surface area contributed by atoms with E-state index in [0.29, 0.717) is 66.8 Å². The molecule has 2 aromatic carbocycles. The van der Waals surface area contributed by atoms with Gasteiger partial charge in [-0.15, -0.1) is 0 Å². The van der Waals surface area contributed by atoms with Crippen LogP contribution < -0.4 is 10.1 Å². The molecular formula is C26H26ClFN2O5. The van der Waals surface area contributed by atoms with Crippen molar-refractivity contribution in [3.63, 3.8) is 0 Å². The van der Waals surface area contributed by atoms with Crippen LogP contribution in [0, 0.1) is 5.82 Å². The maximum absolute atomic E-state index is 13.2. The van der Waals surface area contributed by atoms with Crippen molar-refractivity contribution in [2.45, 2.75) is 19.6 Å². The summed E-state index contributed by atoms with van der Waals surface area (Å²) < 4.78 is 30.2. The number of hydrogen-bond donors (Lipinski definition) is 1. The molecule has 4 rings (SSSR count). The molecule has 0 radical (unpaired) electrons. The molecule has 0 bridgehead atoms. The van der Waals surface area contributed by atoms with Gasteiger partial charge in [0, 0.05) is 31.7 Å². The number of carbonyl (C=O) groups is 2. The third-order valence-electron chi connectivity index (χ3n) is 5.65. The van der Waals surface area contributed by atoms with Crippen LogP contribution in [0.1, 0.15) is 33.4 Å². The van der Waals surface area contributed by atoms with Crippen LogP contribution in [0.4, 0.5) is 4.39 Å². The zero-order chi connectivity index (χ0) is 24.8. The summed E-state index contributed by atoms with van der Waals surface area (Å²) >= 11 is 6.45. The Morgan fingerprint density at radius 2 is 2.06 bits per heavy atom. The Kier molecular flexibility index (Phi) is 8.17. The smallest absolute Gasteiger partial charge is 0.255 e. The van der Waals surface area contributed by atoms with E-state index in [1.807, 2.05) is 6.92 Å². The summed E-state index contributed by atoms with van der Waals surface area (Å²) in [6.45, 7) is 5.09. The maximum Gasteiger partial charge on any atom is 0.255 e. The number of morpholine rings is 1. The molecule has 1 aromatic heterocycles. The average Bonchev–Trinajstić information content (AvgIpc) is 3.34. The van der Waals surface area contributed by atoms with Crippen molar-refractivity contribution in [2.75, 3.05) is 32.8 Å². The first kappa shape index (κ1) is 24.9. The summed E-state index contributed by atoms with van der Waals surface area (Å²) in [4.78, 5) is 26.2. The van der Waals surface area contributed by atoms with Crippen molar-refractivity contribution in [1.82, 2.24) is 10.2 Å². The number of rotatable bonds is 9. The summed E-state index contributed by atoms with van der Waals surface area (Å²) in [5, 5.41) is 3.21. The normalized spacial score (nSPS) is 16.1. The Labute approximate surface area is 207 Å². The van der Waals surface area contributed by atoms with Crippen LogP contribution in [0.5, 0.6) is 5.75 Å². The van der Waals surface area contributed by atoms with E-state index in [2.05, 4.69) is 10.2 Å². The highest BCUT2D eigenvalue weighted by Crippen LogP contribution is 2.35. The van der Waals surface area contributed by atoms with Crippen LogP contribution in [-0.4, -0.2) is 56.0 Å². The van der Waals surface area contributed by atoms with Gasteiger partial charge in [-0.3, -0.25) is 14.5 Å². The van der Waals surface area contributed by atoms with Gasteiger partial charge in [0.2, 0.25) is 0 Å². The van der Waals surface area contributed by atoms with Gasteiger partial charge in [-0.25, -0.2) is 4.39 Å². The van der Waals surface area contributed by atoms with E-state index < -0.39 is 0 Å². The molecule has 9 heteroatoms. The zero-order valence-corrected chi connectivity index (χ0v) is 20.0. The van der Waals surface area contributed by atoms with Crippen LogP contribution >= 0.6 is 11.6 Å². The molecule has 1 N–H and O–H groups in total. The number of furan rings is 1. The quantitative estimate of drug-likeness (QED) is 0.433. The van der Waals surface area contributed by atoms with Gasteiger partial charge in [-0.05, 0) is 48.9 Å². The van der Waals surface area contributed by atoms with Gasteiger partial charge in [-0.1, -0.05) is 23.7 Å². The Morgan fingerprint density at radius 1 is 1.26 bits per heavy atom. The lowest BCUT2D eigenvalue weighted by atomic mass is 10.1. The third kappa shape index (κ3) is 6.28. The second kappa shape index (κ2) is 11.5. The second-order valence-corrected chi connectivity index (χ2v) is 8.55. The lowest BCUT2D eigenvalue weighted by Crippen LogP contribution is -2.47. The molecule has 7 nitrogen and oxygen atoms in total. The number of nitrogens with one attached hydrogen (secondary N) is 1. The lowest BCUT2D eigenvalue weighted by Gasteiger charge is -2.33. The SMILES string of the molecule is CCOc1cc(-c2ccc(C=O)o2)c(Cl)cc1C(=O)NCC1CN(Cc2ccc(F)cc2)CCO1. The van der Waals surface area contributed by atoms with Crippen molar-refractivity contribution in [3.8, 4) is 17.1 Å². The topological polar surface area (TPSA) is 81.0 Å². The zero-order valence-electron chi connectivity index (χ0n) is 19.3. The molecule has 2 heterocycles. The summed E-state index contributed by atoms with van der Waals surface area (Å²) in [6.07, 6.45) is 0.417. The highest BCUT2D eigenvalue weighted by atomic mass is 35.5. The molecule has 1 unspecified atom stereocenters. The summed E-state index contributed by atoms with van der Waals surface area (Å²) in [6, 6.07) is 12.8. The number of benzene rings is 2. The van der Waals surface area contributed by atoms with Gasteiger partial charge >= 0.3 is 0 Å². The number of hydrogen-bond acceptors (Lipinski definition) is 6. The minimum absolute atomic E-state index is 0.178. The fraction of sp³-hybridized carbons (Fsp3) is 0.308. The van der Waals surface area contributed by atoms with Gasteiger partial charge in [0.25, 0.3) is 5.91 Å². The molecule has 1 saturated heterocycles. The number of amides is 1. The maximum atomic E-state index is 13.2. The molecule has 1 fully saturated rings. The van der Waals surface area contributed by atoms with E-state index in [1.54, 1.807) is 30.3 Å². The molecule has 1 amide bonds. The monoisotopic (exact) mass is 500 g/mol. The number of nitrogens with zero attached hydrogens (tertiary/aromatic N) is 1. The van der Waals surface area contributed by atoms with Gasteiger partial charge in [0.05, 0.1) is 29.9 Å². The Morgan fingerprint density at radius 3 is 2.77 bits per heavy atom. The van der Waals surface area contributed by atoms with E-state index in [0.717, 1.165) is 12.1 Å². The van der Waals surface area contributed by atoms with E-state index in [4.69, 9.17) is 25.5 Å². The molecule has 0 aliphatic carbocycles. The third-order valence-corrected chi connectivity index (χ3v) is 5.97. The van der Waals surface area contributed by atoms with Crippen LogP contribution in [0.2, 0.25) is 5.02 Å². The van der Waals surface area contributed by atoms with Crippen LogP contribution in [0.25, 0.3) is 11.3 Å². The molecule has 1 aliphatic rings. The number of halogens is 2. The van der Waals surface area contributed by atoms with Gasteiger partial charge < -0.3 is 19.2 Å². The van der Waals surface area contributed by atoms with Gasteiger partial charge in [0.1, 0.15) is 17.3 Å². The Bertz CT molecular complexity index is 1180. The highest BCUT2D eigenvalue weighted by Gasteiger charge is 2.23. The predicted octanol–water partition coefficient (Wildman–Crippen LogP) is 4.58. The van der Waals surface area contributed by atoms with Gasteiger partial charge in [0.15, 0.2) is 12.0 Å². The summed E-state index contributed by atoms with van der Waals surface area (Å²) in [5.41, 5.74) is 1.83. The minimum atomic E-state index is -0.339. The van der Waals surface area contributed by atoms with Crippen molar-refractivity contribution in [1.29, 1.82) is 0 Å². The van der Waals surface area contributed by atoms with Crippen molar-refractivity contribution in [3.05, 3.63) is 76.3 Å². The predicted molar refractivity (Wildman–Crippen MR) is 129 cm³/mol. The van der Waals surface area contributed by atoms with Crippen LogP contribution in [0.3, 0.4) is 0 Å². The average molecular weight is 501 g/mol. The van der Waals surface area contributed by atoms with Crippen molar-refractivity contribution < 1.29 is 27.9 Å². The molecule has 1 atom stereocenters. The van der Waals surface area contributed by atoms with Crippen LogP contribution in [-0.2, 0) is 11.3 Å². The molecule has 0 saturated carbocycles. The minimum Gasteiger partial charge on any atom is -0.493 e. The number of aldehydes is 1. The number of ether oxygens (including phenoxy) is 2. The molecule has 0 spiro atoms. The number of carbonyl (C=O) groups excluding carboxylic acids is 2. The Hall–Kier alpha value is -3.20. The second-order valence-electron chi connectivity index (χ2n) is 8.15. The first-order valence-electron chi connectivity index (χ1n) is 11.3. The van der Waals surface area contributed by atoms with Crippen LogP contribution in [0.15, 0.2) is 52.9 Å². The fourth-order valence-corrected chi connectivity index (χ4v) is 4.21. The van der Waals surface area contributed by atoms with Crippen molar-refractivity contribution >= 4 is 23.8 Å². The first-order chi connectivity index (χ1) is 17.0. The first-order valence-corrected chi connectivity index (χ1v) is 11.7. The lowest BCUT2D eigenvalue weighted by molar-refractivity contribution is -0.0292. The van der Waals surface area contributed by atoms with E-state index >= 15 is 0 Å². The van der Waals surface area contributed by atoms with Crippen molar-refractivity contribution in [2.24, 2.45) is 0 Å². The highest BCUT2D eigenvalue weighted by molar-refractivity contribution is 6.33. The standard InChI is InChI=1S/C26H26ClFN2O5/c1-2-33-25-12-21(24-8-7-19(16-31)35-24)23(27)11-22(25)26(32)29-13-20-15-30(9-10-34-20)14-17-3-5-18(28)6-4-17/h3-8,11-12,16,20H,2,9-10,13-15H2,1H3,(H,29,32). The summed E-state index contributed by atoms with van der Waals surface area (Å²) in [5.74, 6) is 0.342. The molecule has 1 aliphatic heterocycles. The fourth-order valence-electron chi connectivity index (χ4n) is 3.95. The van der Waals surface area contributed by atoms with E-state index in [-0.39, 0.29) is 23.6 Å². The largest absolute Gasteiger partial charge is 0.493 e. The molecule has 3 aromatic rings. The van der Waals surface area contributed by atoms with E-state index in [1.165, 1.54) is 18.2 Å². The molecule has 35 heavy (non-hydrogen) atoms.